The number of nitrogens with one attached hydrogen (secondary N) is 1. The van der Waals surface area contributed by atoms with Crippen molar-refractivity contribution in [2.45, 2.75) is 13.3 Å². The van der Waals surface area contributed by atoms with Crippen LogP contribution in [-0.2, 0) is 0 Å². The van der Waals surface area contributed by atoms with Crippen LogP contribution in [0.15, 0.2) is 11.8 Å². The summed E-state index contributed by atoms with van der Waals surface area (Å²) < 4.78 is 0. The summed E-state index contributed by atoms with van der Waals surface area (Å²) in [6.07, 6.45) is 2.36. The fourth-order valence-electron chi connectivity index (χ4n) is 0.366. The monoisotopic (exact) mass is 128 g/mol. The van der Waals surface area contributed by atoms with Gasteiger partial charge in [-0.05, 0) is 6.42 Å². The van der Waals surface area contributed by atoms with Crippen LogP contribution < -0.4 is 0 Å². The Morgan fingerprint density at radius 1 is 1.89 bits per heavy atom. The maximum atomic E-state index is 9.75. The van der Waals surface area contributed by atoms with Gasteiger partial charge >= 0.3 is 0 Å². The molecule has 0 fully saturated rings. The molecule has 0 aromatic carbocycles. The summed E-state index contributed by atoms with van der Waals surface area (Å²) in [5, 5.41) is 16.4. The molecule has 0 unspecified atom stereocenters. The second-order valence-corrected chi connectivity index (χ2v) is 1.49. The second-order valence-electron chi connectivity index (χ2n) is 1.49. The highest BCUT2D eigenvalue weighted by molar-refractivity contribution is 5.74. The minimum atomic E-state index is -0.552. The molecular formula is C5H8N2O2. The van der Waals surface area contributed by atoms with Crippen LogP contribution in [0.5, 0.6) is 0 Å². The van der Waals surface area contributed by atoms with Crippen LogP contribution in [0.1, 0.15) is 13.3 Å². The highest BCUT2D eigenvalue weighted by atomic mass is 16.6. The Labute approximate surface area is 52.8 Å². The van der Waals surface area contributed by atoms with Crippen LogP contribution in [-0.4, -0.2) is 11.1 Å². The number of hydrogen-bond acceptors (Lipinski definition) is 3. The van der Waals surface area contributed by atoms with E-state index in [1.807, 2.05) is 0 Å². The predicted octanol–water partition coefficient (Wildman–Crippen LogP) is 1.21. The molecule has 0 aromatic rings. The van der Waals surface area contributed by atoms with Crippen LogP contribution in [0.2, 0.25) is 0 Å². The molecule has 0 spiro atoms. The van der Waals surface area contributed by atoms with Crippen molar-refractivity contribution in [1.82, 2.24) is 0 Å². The molecule has 4 nitrogen and oxygen atoms in total. The molecule has 0 aliphatic rings. The first kappa shape index (κ1) is 7.81. The van der Waals surface area contributed by atoms with Gasteiger partial charge in [-0.25, -0.2) is 0 Å². The first-order valence-electron chi connectivity index (χ1n) is 2.55. The van der Waals surface area contributed by atoms with E-state index in [1.165, 1.54) is 0 Å². The molecule has 0 radical (unpaired) electrons. The van der Waals surface area contributed by atoms with E-state index in [1.54, 1.807) is 6.92 Å². The fourth-order valence-corrected chi connectivity index (χ4v) is 0.366. The molecule has 0 heterocycles. The van der Waals surface area contributed by atoms with E-state index in [9.17, 15) is 10.1 Å². The quantitative estimate of drug-likeness (QED) is 0.352. The predicted molar refractivity (Wildman–Crippen MR) is 34.2 cm³/mol. The van der Waals surface area contributed by atoms with Crippen molar-refractivity contribution in [3.05, 3.63) is 21.9 Å². The third-order valence-corrected chi connectivity index (χ3v) is 0.865. The molecule has 0 aliphatic carbocycles. The van der Waals surface area contributed by atoms with E-state index in [-0.39, 0.29) is 0 Å². The minimum absolute atomic E-state index is 0.431. The van der Waals surface area contributed by atoms with Gasteiger partial charge in [0.1, 0.15) is 0 Å². The van der Waals surface area contributed by atoms with E-state index in [0.717, 1.165) is 12.4 Å². The van der Waals surface area contributed by atoms with E-state index >= 15 is 0 Å². The highest BCUT2D eigenvalue weighted by Gasteiger charge is 1.93. The lowest BCUT2D eigenvalue weighted by atomic mass is 10.2. The maximum absolute atomic E-state index is 9.75. The summed E-state index contributed by atoms with van der Waals surface area (Å²) in [6, 6.07) is 0. The van der Waals surface area contributed by atoms with Gasteiger partial charge in [0.05, 0.1) is 4.92 Å². The molecule has 0 amide bonds. The van der Waals surface area contributed by atoms with Gasteiger partial charge in [0.2, 0.25) is 6.20 Å². The molecular weight excluding hydrogens is 120 g/mol. The van der Waals surface area contributed by atoms with Crippen molar-refractivity contribution in [3.63, 3.8) is 0 Å². The number of allylic oxidation sites excluding steroid dienone is 1. The van der Waals surface area contributed by atoms with Crippen LogP contribution in [0.3, 0.4) is 0 Å². The number of hydrogen-bond donors (Lipinski definition) is 1. The van der Waals surface area contributed by atoms with Crippen molar-refractivity contribution < 1.29 is 4.92 Å². The van der Waals surface area contributed by atoms with Gasteiger partial charge < -0.3 is 5.41 Å². The Morgan fingerprint density at radius 3 is 2.56 bits per heavy atom. The van der Waals surface area contributed by atoms with Crippen molar-refractivity contribution in [1.29, 1.82) is 5.41 Å². The molecule has 0 atom stereocenters. The summed E-state index contributed by atoms with van der Waals surface area (Å²) in [7, 11) is 0. The van der Waals surface area contributed by atoms with Gasteiger partial charge in [-0.2, -0.15) is 0 Å². The summed E-state index contributed by atoms with van der Waals surface area (Å²) in [6.45, 7) is 1.76. The molecule has 0 bridgehead atoms. The lowest BCUT2D eigenvalue weighted by Crippen LogP contribution is -1.89. The second kappa shape index (κ2) is 3.77. The average Bonchev–Trinajstić information content (AvgIpc) is 1.82. The fraction of sp³-hybridized carbons (Fsp3) is 0.400. The first-order chi connectivity index (χ1) is 4.20. The summed E-state index contributed by atoms with van der Waals surface area (Å²) >= 11 is 0. The molecule has 0 rings (SSSR count). The third kappa shape index (κ3) is 3.40. The van der Waals surface area contributed by atoms with E-state index in [0.29, 0.717) is 12.0 Å². The molecule has 0 saturated heterocycles. The standard InChI is InChI=1S/C5H8N2O2/c1-2-5(3-6)4-7(8)9/h3-4,6H,2H2,1H3. The Kier molecular flexibility index (Phi) is 3.27. The SMILES string of the molecule is CCC(C=N)=C[N+](=O)[O-]. The highest BCUT2D eigenvalue weighted by Crippen LogP contribution is 1.94. The topological polar surface area (TPSA) is 67.0 Å². The summed E-state index contributed by atoms with van der Waals surface area (Å²) in [4.78, 5) is 9.20. The van der Waals surface area contributed by atoms with E-state index < -0.39 is 4.92 Å². The molecule has 9 heavy (non-hydrogen) atoms. The third-order valence-electron chi connectivity index (χ3n) is 0.865. The summed E-state index contributed by atoms with van der Waals surface area (Å²) in [5.74, 6) is 0. The van der Waals surface area contributed by atoms with Crippen LogP contribution in [0, 0.1) is 15.5 Å². The molecule has 50 valence electrons. The molecule has 1 N–H and O–H groups in total. The Bertz CT molecular complexity index is 151. The zero-order chi connectivity index (χ0) is 7.28. The zero-order valence-corrected chi connectivity index (χ0v) is 5.13. The molecule has 0 aromatic heterocycles. The number of rotatable bonds is 3. The minimum Gasteiger partial charge on any atom is -0.308 e. The van der Waals surface area contributed by atoms with Crippen molar-refractivity contribution in [2.75, 3.05) is 0 Å². The van der Waals surface area contributed by atoms with Gasteiger partial charge in [0.25, 0.3) is 0 Å². The first-order valence-corrected chi connectivity index (χ1v) is 2.55. The maximum Gasteiger partial charge on any atom is 0.239 e. The van der Waals surface area contributed by atoms with Gasteiger partial charge in [0.15, 0.2) is 0 Å². The zero-order valence-electron chi connectivity index (χ0n) is 5.13. The van der Waals surface area contributed by atoms with Crippen molar-refractivity contribution in [2.24, 2.45) is 0 Å². The number of nitro groups is 1. The lowest BCUT2D eigenvalue weighted by molar-refractivity contribution is -0.403. The Morgan fingerprint density at radius 2 is 2.44 bits per heavy atom. The molecule has 0 saturated carbocycles. The van der Waals surface area contributed by atoms with Gasteiger partial charge in [-0.1, -0.05) is 6.92 Å². The van der Waals surface area contributed by atoms with Crippen LogP contribution in [0.25, 0.3) is 0 Å². The Hall–Kier alpha value is -1.19. The van der Waals surface area contributed by atoms with Gasteiger partial charge in [-0.3, -0.25) is 10.1 Å². The van der Waals surface area contributed by atoms with Crippen molar-refractivity contribution >= 4 is 6.21 Å². The van der Waals surface area contributed by atoms with Crippen molar-refractivity contribution in [3.8, 4) is 0 Å². The molecule has 4 heteroatoms. The van der Waals surface area contributed by atoms with Crippen LogP contribution in [0.4, 0.5) is 0 Å². The van der Waals surface area contributed by atoms with E-state index in [2.05, 4.69) is 0 Å². The van der Waals surface area contributed by atoms with Crippen LogP contribution >= 0.6 is 0 Å². The van der Waals surface area contributed by atoms with E-state index in [4.69, 9.17) is 5.41 Å². The Balaban J connectivity index is 4.07. The smallest absolute Gasteiger partial charge is 0.239 e. The number of nitrogens with zero attached hydrogens (tertiary/aromatic N) is 1. The average molecular weight is 128 g/mol. The lowest BCUT2D eigenvalue weighted by Gasteiger charge is -1.85. The van der Waals surface area contributed by atoms with Gasteiger partial charge in [-0.15, -0.1) is 0 Å². The molecule has 0 aliphatic heterocycles. The van der Waals surface area contributed by atoms with Gasteiger partial charge in [0, 0.05) is 11.8 Å². The largest absolute Gasteiger partial charge is 0.308 e. The normalized spacial score (nSPS) is 11.0. The summed E-state index contributed by atoms with van der Waals surface area (Å²) in [5.41, 5.74) is 0.431.